The molecule has 5 nitrogen and oxygen atoms in total. The first-order valence-corrected chi connectivity index (χ1v) is 10.4. The SMILES string of the molecule is CCC(=O)Nc1ccccc1OC(=O)c1ccc(OCCc2ccccc2)c(Br)c1. The molecular weight excluding hydrogens is 446 g/mol. The number of rotatable bonds is 8. The van der Waals surface area contributed by atoms with Crippen molar-refractivity contribution in [2.75, 3.05) is 11.9 Å². The van der Waals surface area contributed by atoms with E-state index >= 15 is 0 Å². The number of benzene rings is 3. The van der Waals surface area contributed by atoms with Crippen LogP contribution in [-0.2, 0) is 11.2 Å². The summed E-state index contributed by atoms with van der Waals surface area (Å²) < 4.78 is 12.0. The second kappa shape index (κ2) is 10.6. The maximum atomic E-state index is 12.6. The molecule has 0 radical (unpaired) electrons. The summed E-state index contributed by atoms with van der Waals surface area (Å²) in [6, 6.07) is 22.0. The van der Waals surface area contributed by atoms with E-state index in [1.54, 1.807) is 49.4 Å². The van der Waals surface area contributed by atoms with E-state index in [1.807, 2.05) is 18.2 Å². The van der Waals surface area contributed by atoms with Gasteiger partial charge in [0, 0.05) is 12.8 Å². The van der Waals surface area contributed by atoms with Crippen LogP contribution in [0.2, 0.25) is 0 Å². The van der Waals surface area contributed by atoms with Gasteiger partial charge in [0.25, 0.3) is 0 Å². The lowest BCUT2D eigenvalue weighted by molar-refractivity contribution is -0.115. The molecule has 0 aliphatic rings. The lowest BCUT2D eigenvalue weighted by Gasteiger charge is -2.12. The molecule has 0 aliphatic carbocycles. The average molecular weight is 468 g/mol. The van der Waals surface area contributed by atoms with Crippen LogP contribution >= 0.6 is 15.9 Å². The smallest absolute Gasteiger partial charge is 0.343 e. The largest absolute Gasteiger partial charge is 0.492 e. The number of halogens is 1. The number of hydrogen-bond donors (Lipinski definition) is 1. The van der Waals surface area contributed by atoms with E-state index in [0.717, 1.165) is 6.42 Å². The fourth-order valence-electron chi connectivity index (χ4n) is 2.72. The van der Waals surface area contributed by atoms with Crippen LogP contribution < -0.4 is 14.8 Å². The molecule has 30 heavy (non-hydrogen) atoms. The fourth-order valence-corrected chi connectivity index (χ4v) is 3.22. The lowest BCUT2D eigenvalue weighted by atomic mass is 10.2. The molecule has 0 aliphatic heterocycles. The van der Waals surface area contributed by atoms with Gasteiger partial charge in [-0.2, -0.15) is 0 Å². The third kappa shape index (κ3) is 5.94. The molecule has 0 saturated carbocycles. The highest BCUT2D eigenvalue weighted by Gasteiger charge is 2.14. The van der Waals surface area contributed by atoms with Gasteiger partial charge in [-0.05, 0) is 51.8 Å². The van der Waals surface area contributed by atoms with E-state index in [-0.39, 0.29) is 5.91 Å². The minimum atomic E-state index is -0.523. The summed E-state index contributed by atoms with van der Waals surface area (Å²) in [6.07, 6.45) is 1.12. The van der Waals surface area contributed by atoms with Crippen LogP contribution in [0.1, 0.15) is 29.3 Å². The highest BCUT2D eigenvalue weighted by atomic mass is 79.9. The first-order valence-electron chi connectivity index (χ1n) is 9.64. The zero-order valence-electron chi connectivity index (χ0n) is 16.6. The second-order valence-corrected chi connectivity index (χ2v) is 7.37. The van der Waals surface area contributed by atoms with Gasteiger partial charge in [0.05, 0.1) is 22.3 Å². The molecule has 0 atom stereocenters. The number of carbonyl (C=O) groups excluding carboxylic acids is 2. The topological polar surface area (TPSA) is 64.6 Å². The van der Waals surface area contributed by atoms with Gasteiger partial charge < -0.3 is 14.8 Å². The highest BCUT2D eigenvalue weighted by Crippen LogP contribution is 2.28. The predicted octanol–water partition coefficient (Wildman–Crippen LogP) is 5.64. The number of carbonyl (C=O) groups is 2. The monoisotopic (exact) mass is 467 g/mol. The molecule has 0 fully saturated rings. The number of hydrogen-bond acceptors (Lipinski definition) is 4. The molecule has 0 aromatic heterocycles. The average Bonchev–Trinajstić information content (AvgIpc) is 2.76. The molecule has 154 valence electrons. The number of ether oxygens (including phenoxy) is 2. The summed E-state index contributed by atoms with van der Waals surface area (Å²) in [7, 11) is 0. The molecule has 0 spiro atoms. The Morgan fingerprint density at radius 2 is 1.67 bits per heavy atom. The van der Waals surface area contributed by atoms with E-state index in [4.69, 9.17) is 9.47 Å². The number of nitrogens with one attached hydrogen (secondary N) is 1. The summed E-state index contributed by atoms with van der Waals surface area (Å²) in [5, 5.41) is 2.73. The van der Waals surface area contributed by atoms with Crippen LogP contribution in [0.25, 0.3) is 0 Å². The molecule has 1 N–H and O–H groups in total. The molecule has 3 aromatic carbocycles. The molecule has 0 saturated heterocycles. The van der Waals surface area contributed by atoms with Crippen molar-refractivity contribution in [3.63, 3.8) is 0 Å². The lowest BCUT2D eigenvalue weighted by Crippen LogP contribution is -2.14. The van der Waals surface area contributed by atoms with E-state index in [1.165, 1.54) is 5.56 Å². The Morgan fingerprint density at radius 1 is 0.933 bits per heavy atom. The molecule has 0 bridgehead atoms. The van der Waals surface area contributed by atoms with Gasteiger partial charge in [-0.25, -0.2) is 4.79 Å². The van der Waals surface area contributed by atoms with Gasteiger partial charge in [-0.3, -0.25) is 4.79 Å². The van der Waals surface area contributed by atoms with Crippen LogP contribution in [0.4, 0.5) is 5.69 Å². The summed E-state index contributed by atoms with van der Waals surface area (Å²) in [4.78, 5) is 24.3. The number of anilines is 1. The van der Waals surface area contributed by atoms with Gasteiger partial charge in [0.2, 0.25) is 5.91 Å². The zero-order valence-corrected chi connectivity index (χ0v) is 18.1. The first-order chi connectivity index (χ1) is 14.6. The van der Waals surface area contributed by atoms with Gasteiger partial charge in [0.1, 0.15) is 5.75 Å². The minimum Gasteiger partial charge on any atom is -0.492 e. The molecule has 6 heteroatoms. The summed E-state index contributed by atoms with van der Waals surface area (Å²) in [5.74, 6) is 0.268. The minimum absolute atomic E-state index is 0.154. The zero-order chi connectivity index (χ0) is 21.3. The van der Waals surface area contributed by atoms with E-state index in [2.05, 4.69) is 33.4 Å². The summed E-state index contributed by atoms with van der Waals surface area (Å²) in [5.41, 5.74) is 2.02. The van der Waals surface area contributed by atoms with Gasteiger partial charge in [0.15, 0.2) is 5.75 Å². The Balaban J connectivity index is 1.63. The van der Waals surface area contributed by atoms with Crippen molar-refractivity contribution in [1.82, 2.24) is 0 Å². The van der Waals surface area contributed by atoms with Crippen molar-refractivity contribution in [3.8, 4) is 11.5 Å². The van der Waals surface area contributed by atoms with E-state index in [0.29, 0.717) is 40.3 Å². The van der Waals surface area contributed by atoms with Crippen molar-refractivity contribution in [2.24, 2.45) is 0 Å². The van der Waals surface area contributed by atoms with Crippen LogP contribution in [0.15, 0.2) is 77.3 Å². The van der Waals surface area contributed by atoms with Crippen molar-refractivity contribution >= 4 is 33.5 Å². The van der Waals surface area contributed by atoms with Gasteiger partial charge in [-0.15, -0.1) is 0 Å². The fraction of sp³-hybridized carbons (Fsp3) is 0.167. The van der Waals surface area contributed by atoms with Crippen LogP contribution in [0.3, 0.4) is 0 Å². The van der Waals surface area contributed by atoms with Crippen molar-refractivity contribution in [1.29, 1.82) is 0 Å². The quantitative estimate of drug-likeness (QED) is 0.344. The maximum absolute atomic E-state index is 12.6. The predicted molar refractivity (Wildman–Crippen MR) is 120 cm³/mol. The molecular formula is C24H22BrNO4. The maximum Gasteiger partial charge on any atom is 0.343 e. The molecule has 3 rings (SSSR count). The van der Waals surface area contributed by atoms with Crippen LogP contribution in [0, 0.1) is 0 Å². The molecule has 1 amide bonds. The van der Waals surface area contributed by atoms with E-state index in [9.17, 15) is 9.59 Å². The summed E-state index contributed by atoms with van der Waals surface area (Å²) >= 11 is 3.45. The number of esters is 1. The van der Waals surface area contributed by atoms with Crippen molar-refractivity contribution in [3.05, 3.63) is 88.4 Å². The Labute approximate surface area is 184 Å². The Kier molecular flexibility index (Phi) is 7.63. The Hall–Kier alpha value is -3.12. The normalized spacial score (nSPS) is 10.3. The Morgan fingerprint density at radius 3 is 2.40 bits per heavy atom. The molecule has 0 heterocycles. The number of amides is 1. The van der Waals surface area contributed by atoms with Gasteiger partial charge in [-0.1, -0.05) is 49.4 Å². The molecule has 0 unspecified atom stereocenters. The first kappa shape index (κ1) is 21.6. The Bertz CT molecular complexity index is 1020. The number of para-hydroxylation sites is 2. The van der Waals surface area contributed by atoms with Crippen LogP contribution in [-0.4, -0.2) is 18.5 Å². The standard InChI is InChI=1S/C24H22BrNO4/c1-2-23(27)26-20-10-6-7-11-22(20)30-24(28)18-12-13-21(19(25)16-18)29-15-14-17-8-4-3-5-9-17/h3-13,16H,2,14-15H2,1H3,(H,26,27). The van der Waals surface area contributed by atoms with E-state index < -0.39 is 5.97 Å². The third-order valence-corrected chi connectivity index (χ3v) is 4.96. The van der Waals surface area contributed by atoms with Crippen molar-refractivity contribution in [2.45, 2.75) is 19.8 Å². The summed E-state index contributed by atoms with van der Waals surface area (Å²) in [6.45, 7) is 2.28. The second-order valence-electron chi connectivity index (χ2n) is 6.52. The van der Waals surface area contributed by atoms with Crippen molar-refractivity contribution < 1.29 is 19.1 Å². The van der Waals surface area contributed by atoms with Crippen LogP contribution in [0.5, 0.6) is 11.5 Å². The van der Waals surface area contributed by atoms with Gasteiger partial charge >= 0.3 is 5.97 Å². The highest BCUT2D eigenvalue weighted by molar-refractivity contribution is 9.10. The third-order valence-electron chi connectivity index (χ3n) is 4.34. The molecule has 3 aromatic rings.